The van der Waals surface area contributed by atoms with E-state index in [0.29, 0.717) is 5.69 Å². The summed E-state index contributed by atoms with van der Waals surface area (Å²) in [6.45, 7) is 5.67. The molecule has 0 heterocycles. The van der Waals surface area contributed by atoms with Crippen molar-refractivity contribution in [3.8, 4) is 0 Å². The summed E-state index contributed by atoms with van der Waals surface area (Å²) < 4.78 is 5.02. The highest BCUT2D eigenvalue weighted by atomic mass is 16.5. The van der Waals surface area contributed by atoms with Crippen molar-refractivity contribution in [1.82, 2.24) is 0 Å². The molecule has 0 saturated carbocycles. The Hall–Kier alpha value is -2.62. The van der Waals surface area contributed by atoms with Crippen molar-refractivity contribution >= 4 is 17.6 Å². The van der Waals surface area contributed by atoms with Crippen LogP contribution in [-0.4, -0.2) is 18.5 Å². The zero-order valence-electron chi connectivity index (χ0n) is 13.7. The van der Waals surface area contributed by atoms with Gasteiger partial charge in [0.1, 0.15) is 0 Å². The Morgan fingerprint density at radius 2 is 1.78 bits per heavy atom. The monoisotopic (exact) mass is 311 g/mol. The molecule has 0 aliphatic heterocycles. The third-order valence-electron chi connectivity index (χ3n) is 3.59. The molecule has 0 aliphatic rings. The number of hydrogen-bond acceptors (Lipinski definition) is 3. The first kappa shape index (κ1) is 16.7. The van der Waals surface area contributed by atoms with Gasteiger partial charge in [0.25, 0.3) is 5.91 Å². The van der Waals surface area contributed by atoms with E-state index in [0.717, 1.165) is 22.3 Å². The van der Waals surface area contributed by atoms with Gasteiger partial charge in [-0.3, -0.25) is 9.59 Å². The van der Waals surface area contributed by atoms with Crippen LogP contribution in [0.2, 0.25) is 0 Å². The first-order valence-electron chi connectivity index (χ1n) is 7.52. The molecule has 2 aromatic rings. The minimum atomic E-state index is -0.411. The average molecular weight is 311 g/mol. The largest absolute Gasteiger partial charge is 0.455 e. The minimum Gasteiger partial charge on any atom is -0.455 e. The molecule has 2 rings (SSSR count). The number of carbonyl (C=O) groups excluding carboxylic acids is 2. The summed E-state index contributed by atoms with van der Waals surface area (Å²) in [6, 6.07) is 13.3. The number of anilines is 1. The quantitative estimate of drug-likeness (QED) is 0.862. The Morgan fingerprint density at radius 3 is 2.48 bits per heavy atom. The Bertz CT molecular complexity index is 722. The molecule has 0 fully saturated rings. The molecule has 23 heavy (non-hydrogen) atoms. The van der Waals surface area contributed by atoms with Crippen LogP contribution in [-0.2, 0) is 20.7 Å². The van der Waals surface area contributed by atoms with E-state index in [1.807, 2.05) is 63.2 Å². The van der Waals surface area contributed by atoms with Crippen molar-refractivity contribution in [2.75, 3.05) is 11.9 Å². The fourth-order valence-electron chi connectivity index (χ4n) is 2.20. The number of hydrogen-bond donors (Lipinski definition) is 1. The lowest BCUT2D eigenvalue weighted by Crippen LogP contribution is -2.21. The topological polar surface area (TPSA) is 55.4 Å². The standard InChI is InChI=1S/C19H21NO3/c1-13-5-4-6-16(9-13)11-19(22)23-12-18(21)20-17-8-7-14(2)15(3)10-17/h4-10H,11-12H2,1-3H3,(H,20,21). The number of ether oxygens (including phenoxy) is 1. The third-order valence-corrected chi connectivity index (χ3v) is 3.59. The molecular formula is C19H21NO3. The fraction of sp³-hybridized carbons (Fsp3) is 0.263. The molecule has 4 nitrogen and oxygen atoms in total. The van der Waals surface area contributed by atoms with E-state index in [9.17, 15) is 9.59 Å². The summed E-state index contributed by atoms with van der Waals surface area (Å²) >= 11 is 0. The van der Waals surface area contributed by atoms with Gasteiger partial charge in [0.15, 0.2) is 6.61 Å². The van der Waals surface area contributed by atoms with Gasteiger partial charge in [-0.2, -0.15) is 0 Å². The van der Waals surface area contributed by atoms with Crippen LogP contribution in [0.5, 0.6) is 0 Å². The van der Waals surface area contributed by atoms with Gasteiger partial charge in [0.05, 0.1) is 6.42 Å². The molecule has 0 aromatic heterocycles. The van der Waals surface area contributed by atoms with Crippen LogP contribution >= 0.6 is 0 Å². The highest BCUT2D eigenvalue weighted by Crippen LogP contribution is 2.14. The van der Waals surface area contributed by atoms with Gasteiger partial charge in [-0.05, 0) is 49.6 Å². The summed E-state index contributed by atoms with van der Waals surface area (Å²) in [5.74, 6) is -0.753. The lowest BCUT2D eigenvalue weighted by molar-refractivity contribution is -0.146. The predicted octanol–water partition coefficient (Wildman–Crippen LogP) is 3.34. The number of aryl methyl sites for hydroxylation is 3. The molecule has 0 unspecified atom stereocenters. The first-order chi connectivity index (χ1) is 10.9. The predicted molar refractivity (Wildman–Crippen MR) is 90.4 cm³/mol. The van der Waals surface area contributed by atoms with Crippen molar-refractivity contribution < 1.29 is 14.3 Å². The molecule has 0 spiro atoms. The van der Waals surface area contributed by atoms with Crippen LogP contribution in [0.4, 0.5) is 5.69 Å². The maximum Gasteiger partial charge on any atom is 0.310 e. The van der Waals surface area contributed by atoms with Gasteiger partial charge in [0.2, 0.25) is 0 Å². The molecular weight excluding hydrogens is 290 g/mol. The van der Waals surface area contributed by atoms with Gasteiger partial charge in [0, 0.05) is 5.69 Å². The average Bonchev–Trinajstić information content (AvgIpc) is 2.49. The number of nitrogens with one attached hydrogen (secondary N) is 1. The SMILES string of the molecule is Cc1cccc(CC(=O)OCC(=O)Nc2ccc(C)c(C)c2)c1. The van der Waals surface area contributed by atoms with Gasteiger partial charge in [-0.25, -0.2) is 0 Å². The second-order valence-corrected chi connectivity index (χ2v) is 5.67. The Balaban J connectivity index is 1.81. The second-order valence-electron chi connectivity index (χ2n) is 5.67. The van der Waals surface area contributed by atoms with E-state index in [4.69, 9.17) is 4.74 Å². The Morgan fingerprint density at radius 1 is 1.00 bits per heavy atom. The van der Waals surface area contributed by atoms with Crippen molar-refractivity contribution in [1.29, 1.82) is 0 Å². The third kappa shape index (κ3) is 5.25. The number of amides is 1. The Labute approximate surface area is 136 Å². The number of esters is 1. The van der Waals surface area contributed by atoms with E-state index in [2.05, 4.69) is 5.32 Å². The molecule has 0 radical (unpaired) electrons. The van der Waals surface area contributed by atoms with Crippen LogP contribution < -0.4 is 5.32 Å². The molecule has 120 valence electrons. The van der Waals surface area contributed by atoms with Crippen molar-refractivity contribution in [3.05, 3.63) is 64.7 Å². The molecule has 0 atom stereocenters. The van der Waals surface area contributed by atoms with E-state index < -0.39 is 5.97 Å². The highest BCUT2D eigenvalue weighted by Gasteiger charge is 2.09. The molecule has 4 heteroatoms. The lowest BCUT2D eigenvalue weighted by Gasteiger charge is -2.08. The van der Waals surface area contributed by atoms with Crippen molar-refractivity contribution in [2.24, 2.45) is 0 Å². The summed E-state index contributed by atoms with van der Waals surface area (Å²) in [4.78, 5) is 23.6. The highest BCUT2D eigenvalue weighted by molar-refractivity contribution is 5.93. The lowest BCUT2D eigenvalue weighted by atomic mass is 10.1. The number of benzene rings is 2. The molecule has 2 aromatic carbocycles. The molecule has 0 aliphatic carbocycles. The molecule has 1 N–H and O–H groups in total. The van der Waals surface area contributed by atoms with Gasteiger partial charge >= 0.3 is 5.97 Å². The van der Waals surface area contributed by atoms with Crippen molar-refractivity contribution in [3.63, 3.8) is 0 Å². The maximum atomic E-state index is 11.8. The minimum absolute atomic E-state index is 0.165. The summed E-state index contributed by atoms with van der Waals surface area (Å²) in [7, 11) is 0. The van der Waals surface area contributed by atoms with E-state index in [-0.39, 0.29) is 18.9 Å². The summed E-state index contributed by atoms with van der Waals surface area (Å²) in [6.07, 6.45) is 0.165. The number of rotatable bonds is 5. The van der Waals surface area contributed by atoms with Gasteiger partial charge in [-0.1, -0.05) is 35.9 Å². The second kappa shape index (κ2) is 7.58. The fourth-order valence-corrected chi connectivity index (χ4v) is 2.20. The normalized spacial score (nSPS) is 10.2. The van der Waals surface area contributed by atoms with Crippen LogP contribution in [0.1, 0.15) is 22.3 Å². The van der Waals surface area contributed by atoms with E-state index in [1.165, 1.54) is 0 Å². The summed E-state index contributed by atoms with van der Waals surface area (Å²) in [5.41, 5.74) is 4.92. The van der Waals surface area contributed by atoms with Crippen LogP contribution in [0.25, 0.3) is 0 Å². The maximum absolute atomic E-state index is 11.8. The van der Waals surface area contributed by atoms with E-state index in [1.54, 1.807) is 0 Å². The van der Waals surface area contributed by atoms with Gasteiger partial charge < -0.3 is 10.1 Å². The zero-order chi connectivity index (χ0) is 16.8. The van der Waals surface area contributed by atoms with E-state index >= 15 is 0 Å². The summed E-state index contributed by atoms with van der Waals surface area (Å²) in [5, 5.41) is 2.72. The van der Waals surface area contributed by atoms with Crippen LogP contribution in [0.3, 0.4) is 0 Å². The molecule has 1 amide bonds. The molecule has 0 bridgehead atoms. The molecule has 0 saturated heterocycles. The van der Waals surface area contributed by atoms with Crippen LogP contribution in [0.15, 0.2) is 42.5 Å². The zero-order valence-corrected chi connectivity index (χ0v) is 13.7. The smallest absolute Gasteiger partial charge is 0.310 e. The first-order valence-corrected chi connectivity index (χ1v) is 7.52. The number of carbonyl (C=O) groups is 2. The van der Waals surface area contributed by atoms with Crippen molar-refractivity contribution in [2.45, 2.75) is 27.2 Å². The Kier molecular flexibility index (Phi) is 5.52. The van der Waals surface area contributed by atoms with Gasteiger partial charge in [-0.15, -0.1) is 0 Å². The van der Waals surface area contributed by atoms with Crippen LogP contribution in [0, 0.1) is 20.8 Å².